The summed E-state index contributed by atoms with van der Waals surface area (Å²) < 4.78 is 1.41. The van der Waals surface area contributed by atoms with Gasteiger partial charge in [0.2, 0.25) is 0 Å². The topological polar surface area (TPSA) is 88.2 Å². The van der Waals surface area contributed by atoms with Crippen LogP contribution < -0.4 is 0 Å². The van der Waals surface area contributed by atoms with Crippen molar-refractivity contribution >= 4 is 17.6 Å². The first-order chi connectivity index (χ1) is 8.11. The van der Waals surface area contributed by atoms with Crippen LogP contribution in [0.5, 0.6) is 0 Å². The van der Waals surface area contributed by atoms with E-state index in [0.717, 1.165) is 0 Å². The van der Waals surface area contributed by atoms with Gasteiger partial charge in [-0.05, 0) is 18.2 Å². The lowest BCUT2D eigenvalue weighted by Crippen LogP contribution is -2.01. The molecule has 2 N–H and O–H groups in total. The van der Waals surface area contributed by atoms with E-state index in [-0.39, 0.29) is 23.0 Å². The zero-order valence-electron chi connectivity index (χ0n) is 8.54. The van der Waals surface area contributed by atoms with Crippen LogP contribution in [-0.2, 0) is 6.61 Å². The van der Waals surface area contributed by atoms with Crippen molar-refractivity contribution in [1.29, 1.82) is 0 Å². The molecule has 2 aromatic rings. The molecule has 0 saturated heterocycles. The number of aromatic carboxylic acids is 1. The normalized spacial score (nSPS) is 10.5. The van der Waals surface area contributed by atoms with E-state index in [1.807, 2.05) is 0 Å². The van der Waals surface area contributed by atoms with E-state index in [0.29, 0.717) is 5.69 Å². The minimum Gasteiger partial charge on any atom is -0.478 e. The first kappa shape index (κ1) is 11.6. The molecule has 88 valence electrons. The predicted octanol–water partition coefficient (Wildman–Crippen LogP) is 1.11. The number of rotatable bonds is 3. The second-order valence-electron chi connectivity index (χ2n) is 3.23. The minimum atomic E-state index is -1.09. The Kier molecular flexibility index (Phi) is 3.08. The Morgan fingerprint density at radius 3 is 2.76 bits per heavy atom. The third kappa shape index (κ3) is 2.27. The number of aromatic nitrogens is 3. The molecule has 0 radical (unpaired) electrons. The number of benzene rings is 1. The van der Waals surface area contributed by atoms with E-state index in [9.17, 15) is 4.79 Å². The van der Waals surface area contributed by atoms with Crippen LogP contribution in [0.3, 0.4) is 0 Å². The average Bonchev–Trinajstić information content (AvgIpc) is 2.76. The molecule has 2 rings (SSSR count). The molecule has 0 aliphatic heterocycles. The van der Waals surface area contributed by atoms with E-state index < -0.39 is 5.97 Å². The number of nitrogens with zero attached hydrogens (tertiary/aromatic N) is 3. The van der Waals surface area contributed by atoms with Crippen LogP contribution >= 0.6 is 11.6 Å². The Morgan fingerprint density at radius 1 is 1.47 bits per heavy atom. The summed E-state index contributed by atoms with van der Waals surface area (Å²) in [5.41, 5.74) is 0.602. The van der Waals surface area contributed by atoms with Crippen LogP contribution in [-0.4, -0.2) is 30.9 Å². The van der Waals surface area contributed by atoms with Crippen molar-refractivity contribution in [3.63, 3.8) is 0 Å². The Hall–Kier alpha value is -1.92. The van der Waals surface area contributed by atoms with E-state index >= 15 is 0 Å². The van der Waals surface area contributed by atoms with Crippen molar-refractivity contribution in [3.05, 3.63) is 40.9 Å². The van der Waals surface area contributed by atoms with Gasteiger partial charge in [0.05, 0.1) is 16.3 Å². The van der Waals surface area contributed by atoms with Crippen LogP contribution in [0.25, 0.3) is 5.69 Å². The molecule has 7 heteroatoms. The standard InChI is InChI=1S/C10H8ClN3O3/c11-8-3-6(1-2-7(8)10(16)17)14-5-12-9(4-15)13-14/h1-3,5,15H,4H2,(H,16,17). The van der Waals surface area contributed by atoms with Crippen molar-refractivity contribution in [2.45, 2.75) is 6.61 Å². The third-order valence-corrected chi connectivity index (χ3v) is 2.44. The quantitative estimate of drug-likeness (QED) is 0.855. The van der Waals surface area contributed by atoms with Gasteiger partial charge in [-0.1, -0.05) is 11.6 Å². The van der Waals surface area contributed by atoms with E-state index in [4.69, 9.17) is 21.8 Å². The first-order valence-corrected chi connectivity index (χ1v) is 5.04. The first-order valence-electron chi connectivity index (χ1n) is 4.66. The third-order valence-electron chi connectivity index (χ3n) is 2.13. The zero-order chi connectivity index (χ0) is 12.4. The van der Waals surface area contributed by atoms with Crippen molar-refractivity contribution in [3.8, 4) is 5.69 Å². The summed E-state index contributed by atoms with van der Waals surface area (Å²) in [5.74, 6) is -0.806. The van der Waals surface area contributed by atoms with Crippen LogP contribution in [0.1, 0.15) is 16.2 Å². The molecular weight excluding hydrogens is 246 g/mol. The molecule has 1 aromatic carbocycles. The summed E-state index contributed by atoms with van der Waals surface area (Å²) in [6, 6.07) is 4.42. The van der Waals surface area contributed by atoms with Crippen molar-refractivity contribution < 1.29 is 15.0 Å². The highest BCUT2D eigenvalue weighted by Gasteiger charge is 2.10. The fourth-order valence-corrected chi connectivity index (χ4v) is 1.57. The van der Waals surface area contributed by atoms with E-state index in [1.165, 1.54) is 23.1 Å². The van der Waals surface area contributed by atoms with Crippen molar-refractivity contribution in [2.75, 3.05) is 0 Å². The number of carbonyl (C=O) groups is 1. The molecular formula is C10H8ClN3O3. The Bertz CT molecular complexity index is 568. The summed E-state index contributed by atoms with van der Waals surface area (Å²) in [7, 11) is 0. The number of aliphatic hydroxyl groups excluding tert-OH is 1. The van der Waals surface area contributed by atoms with Gasteiger partial charge < -0.3 is 10.2 Å². The number of hydrogen-bond acceptors (Lipinski definition) is 4. The monoisotopic (exact) mass is 253 g/mol. The number of hydrogen-bond donors (Lipinski definition) is 2. The Balaban J connectivity index is 2.40. The maximum absolute atomic E-state index is 10.8. The summed E-state index contributed by atoms with van der Waals surface area (Å²) in [6.07, 6.45) is 1.41. The minimum absolute atomic E-state index is 0.0258. The summed E-state index contributed by atoms with van der Waals surface area (Å²) >= 11 is 5.82. The SMILES string of the molecule is O=C(O)c1ccc(-n2cnc(CO)n2)cc1Cl. The molecule has 0 aliphatic carbocycles. The lowest BCUT2D eigenvalue weighted by atomic mass is 10.2. The second kappa shape index (κ2) is 4.52. The Morgan fingerprint density at radius 2 is 2.24 bits per heavy atom. The van der Waals surface area contributed by atoms with Crippen molar-refractivity contribution in [1.82, 2.24) is 14.8 Å². The maximum atomic E-state index is 10.8. The highest BCUT2D eigenvalue weighted by molar-refractivity contribution is 6.33. The highest BCUT2D eigenvalue weighted by Crippen LogP contribution is 2.19. The molecule has 0 aliphatic rings. The zero-order valence-corrected chi connectivity index (χ0v) is 9.29. The van der Waals surface area contributed by atoms with E-state index in [1.54, 1.807) is 6.07 Å². The molecule has 6 nitrogen and oxygen atoms in total. The predicted molar refractivity (Wildman–Crippen MR) is 59.3 cm³/mol. The summed E-state index contributed by atoms with van der Waals surface area (Å²) in [4.78, 5) is 14.6. The molecule has 0 spiro atoms. The Labute approximate surface area is 101 Å². The van der Waals surface area contributed by atoms with Gasteiger partial charge in [0.25, 0.3) is 0 Å². The molecule has 0 bridgehead atoms. The number of aliphatic hydroxyl groups is 1. The van der Waals surface area contributed by atoms with Crippen LogP contribution in [0.15, 0.2) is 24.5 Å². The number of carboxylic acid groups (broad SMARTS) is 1. The van der Waals surface area contributed by atoms with Gasteiger partial charge in [-0.15, -0.1) is 5.10 Å². The second-order valence-corrected chi connectivity index (χ2v) is 3.64. The summed E-state index contributed by atoms with van der Waals surface area (Å²) in [6.45, 7) is -0.256. The maximum Gasteiger partial charge on any atom is 0.337 e. The molecule has 1 aromatic heterocycles. The fourth-order valence-electron chi connectivity index (χ4n) is 1.31. The van der Waals surface area contributed by atoms with Gasteiger partial charge in [-0.25, -0.2) is 14.5 Å². The van der Waals surface area contributed by atoms with Gasteiger partial charge in [0, 0.05) is 0 Å². The molecule has 0 saturated carbocycles. The molecule has 17 heavy (non-hydrogen) atoms. The lowest BCUT2D eigenvalue weighted by Gasteiger charge is -2.03. The molecule has 0 unspecified atom stereocenters. The van der Waals surface area contributed by atoms with Gasteiger partial charge in [0.15, 0.2) is 5.82 Å². The van der Waals surface area contributed by atoms with Crippen LogP contribution in [0, 0.1) is 0 Å². The van der Waals surface area contributed by atoms with Crippen molar-refractivity contribution in [2.24, 2.45) is 0 Å². The van der Waals surface area contributed by atoms with Gasteiger partial charge >= 0.3 is 5.97 Å². The molecule has 0 fully saturated rings. The summed E-state index contributed by atoms with van der Waals surface area (Å²) in [5, 5.41) is 21.7. The van der Waals surface area contributed by atoms with Crippen LogP contribution in [0.2, 0.25) is 5.02 Å². The largest absolute Gasteiger partial charge is 0.478 e. The van der Waals surface area contributed by atoms with Crippen LogP contribution in [0.4, 0.5) is 0 Å². The molecule has 0 amide bonds. The molecule has 0 atom stereocenters. The lowest BCUT2D eigenvalue weighted by molar-refractivity contribution is 0.0697. The smallest absolute Gasteiger partial charge is 0.337 e. The van der Waals surface area contributed by atoms with Gasteiger partial charge in [-0.2, -0.15) is 0 Å². The highest BCUT2D eigenvalue weighted by atomic mass is 35.5. The number of halogens is 1. The van der Waals surface area contributed by atoms with Gasteiger partial charge in [0.1, 0.15) is 12.9 Å². The average molecular weight is 254 g/mol. The molecule has 1 heterocycles. The van der Waals surface area contributed by atoms with E-state index in [2.05, 4.69) is 10.1 Å². The number of carboxylic acids is 1. The fraction of sp³-hybridized carbons (Fsp3) is 0.100. The van der Waals surface area contributed by atoms with Gasteiger partial charge in [-0.3, -0.25) is 0 Å².